The minimum Gasteiger partial charge on any atom is -0.465 e. The van der Waals surface area contributed by atoms with Gasteiger partial charge in [0.25, 0.3) is 0 Å². The Balaban J connectivity index is 2.42. The van der Waals surface area contributed by atoms with Crippen molar-refractivity contribution in [3.8, 4) is 23.3 Å². The summed E-state index contributed by atoms with van der Waals surface area (Å²) in [5.74, 6) is -0.409. The molecule has 0 saturated carbocycles. The SMILES string of the molecule is COC(=O)c1cccc(-c2ccccc2NC=C(C#N)C#N)c1. The molecule has 0 aromatic heterocycles. The zero-order valence-electron chi connectivity index (χ0n) is 12.4. The topological polar surface area (TPSA) is 85.9 Å². The number of methoxy groups -OCH3 is 1. The summed E-state index contributed by atoms with van der Waals surface area (Å²) >= 11 is 0. The molecule has 0 fully saturated rings. The molecule has 0 radical (unpaired) electrons. The van der Waals surface area contributed by atoms with Crippen LogP contribution in [0.25, 0.3) is 11.1 Å². The third-order valence-corrected chi connectivity index (χ3v) is 3.13. The van der Waals surface area contributed by atoms with E-state index in [4.69, 9.17) is 15.3 Å². The molecule has 1 N–H and O–H groups in total. The van der Waals surface area contributed by atoms with Crippen LogP contribution in [0, 0.1) is 22.7 Å². The van der Waals surface area contributed by atoms with Crippen molar-refractivity contribution in [2.24, 2.45) is 0 Å². The van der Waals surface area contributed by atoms with Gasteiger partial charge in [0.1, 0.15) is 17.7 Å². The first-order valence-electron chi connectivity index (χ1n) is 6.74. The Morgan fingerprint density at radius 2 is 1.87 bits per heavy atom. The lowest BCUT2D eigenvalue weighted by Crippen LogP contribution is -2.01. The van der Waals surface area contributed by atoms with E-state index in [-0.39, 0.29) is 5.57 Å². The number of hydrogen-bond acceptors (Lipinski definition) is 5. The average Bonchev–Trinajstić information content (AvgIpc) is 2.62. The number of allylic oxidation sites excluding steroid dienone is 1. The van der Waals surface area contributed by atoms with Crippen molar-refractivity contribution in [1.29, 1.82) is 10.5 Å². The second-order valence-corrected chi connectivity index (χ2v) is 4.54. The number of carbonyl (C=O) groups excluding carboxylic acids is 1. The van der Waals surface area contributed by atoms with E-state index in [1.54, 1.807) is 30.3 Å². The maximum atomic E-state index is 11.7. The van der Waals surface area contributed by atoms with E-state index in [9.17, 15) is 4.79 Å². The lowest BCUT2D eigenvalue weighted by atomic mass is 10.0. The smallest absolute Gasteiger partial charge is 0.337 e. The van der Waals surface area contributed by atoms with E-state index in [1.165, 1.54) is 13.3 Å². The molecule has 112 valence electrons. The Hall–Kier alpha value is -3.57. The van der Waals surface area contributed by atoms with E-state index >= 15 is 0 Å². The van der Waals surface area contributed by atoms with Crippen molar-refractivity contribution in [1.82, 2.24) is 0 Å². The number of rotatable bonds is 4. The first-order chi connectivity index (χ1) is 11.2. The van der Waals surface area contributed by atoms with Gasteiger partial charge in [0.2, 0.25) is 0 Å². The number of benzene rings is 2. The highest BCUT2D eigenvalue weighted by molar-refractivity contribution is 5.92. The number of nitrogens with zero attached hydrogens (tertiary/aromatic N) is 2. The molecule has 0 aliphatic carbocycles. The standard InChI is InChI=1S/C18H13N3O2/c1-23-18(22)15-6-4-5-14(9-15)16-7-2-3-8-17(16)21-12-13(10-19)11-20/h2-9,12,21H,1H3. The Kier molecular flexibility index (Phi) is 5.12. The molecule has 0 amide bonds. The van der Waals surface area contributed by atoms with Gasteiger partial charge in [-0.15, -0.1) is 0 Å². The van der Waals surface area contributed by atoms with E-state index in [1.807, 2.05) is 30.3 Å². The number of para-hydroxylation sites is 1. The predicted octanol–water partition coefficient (Wildman–Crippen LogP) is 3.48. The molecule has 0 saturated heterocycles. The number of ether oxygens (including phenoxy) is 1. The first kappa shape index (κ1) is 15.8. The largest absolute Gasteiger partial charge is 0.465 e. The van der Waals surface area contributed by atoms with Crippen LogP contribution in [-0.4, -0.2) is 13.1 Å². The summed E-state index contributed by atoms with van der Waals surface area (Å²) in [6.07, 6.45) is 1.35. The molecule has 0 atom stereocenters. The zero-order valence-corrected chi connectivity index (χ0v) is 12.4. The second-order valence-electron chi connectivity index (χ2n) is 4.54. The predicted molar refractivity (Wildman–Crippen MR) is 86.1 cm³/mol. The highest BCUT2D eigenvalue weighted by Crippen LogP contribution is 2.28. The van der Waals surface area contributed by atoms with Crippen molar-refractivity contribution >= 4 is 11.7 Å². The number of hydrogen-bond donors (Lipinski definition) is 1. The molecule has 0 aliphatic rings. The van der Waals surface area contributed by atoms with E-state index in [0.717, 1.165) is 16.8 Å². The van der Waals surface area contributed by atoms with E-state index in [0.29, 0.717) is 5.56 Å². The quantitative estimate of drug-likeness (QED) is 0.690. The third kappa shape index (κ3) is 3.75. The number of nitrogens with one attached hydrogen (secondary N) is 1. The molecule has 0 aliphatic heterocycles. The first-order valence-corrected chi connectivity index (χ1v) is 6.74. The summed E-state index contributed by atoms with van der Waals surface area (Å²) in [6, 6.07) is 18.0. The molecule has 5 nitrogen and oxygen atoms in total. The van der Waals surface area contributed by atoms with Crippen LogP contribution in [0.3, 0.4) is 0 Å². The Morgan fingerprint density at radius 1 is 1.13 bits per heavy atom. The van der Waals surface area contributed by atoms with Gasteiger partial charge in [0.15, 0.2) is 0 Å². The summed E-state index contributed by atoms with van der Waals surface area (Å²) in [5, 5.41) is 20.5. The Labute approximate surface area is 134 Å². The molecule has 0 unspecified atom stereocenters. The van der Waals surface area contributed by atoms with Crippen molar-refractivity contribution in [3.05, 3.63) is 65.9 Å². The summed E-state index contributed by atoms with van der Waals surface area (Å²) < 4.78 is 4.73. The van der Waals surface area contributed by atoms with Gasteiger partial charge >= 0.3 is 5.97 Å². The highest BCUT2D eigenvalue weighted by atomic mass is 16.5. The molecule has 0 heterocycles. The highest BCUT2D eigenvalue weighted by Gasteiger charge is 2.09. The summed E-state index contributed by atoms with van der Waals surface area (Å²) in [7, 11) is 1.33. The van der Waals surface area contributed by atoms with Crippen LogP contribution in [0.1, 0.15) is 10.4 Å². The molecule has 2 aromatic carbocycles. The lowest BCUT2D eigenvalue weighted by molar-refractivity contribution is 0.0601. The van der Waals surface area contributed by atoms with Crippen molar-refractivity contribution in [2.45, 2.75) is 0 Å². The number of anilines is 1. The molecular formula is C18H13N3O2. The van der Waals surface area contributed by atoms with Gasteiger partial charge < -0.3 is 10.1 Å². The maximum absolute atomic E-state index is 11.7. The van der Waals surface area contributed by atoms with Crippen LogP contribution in [0.5, 0.6) is 0 Å². The molecule has 0 bridgehead atoms. The molecule has 23 heavy (non-hydrogen) atoms. The van der Waals surface area contributed by atoms with Crippen LogP contribution < -0.4 is 5.32 Å². The van der Waals surface area contributed by atoms with Gasteiger partial charge in [0.05, 0.1) is 12.7 Å². The summed E-state index contributed by atoms with van der Waals surface area (Å²) in [4.78, 5) is 11.7. The van der Waals surface area contributed by atoms with Gasteiger partial charge in [-0.3, -0.25) is 0 Å². The number of carbonyl (C=O) groups is 1. The minimum atomic E-state index is -0.409. The van der Waals surface area contributed by atoms with Gasteiger partial charge in [0, 0.05) is 17.5 Å². The van der Waals surface area contributed by atoms with Crippen LogP contribution in [-0.2, 0) is 4.74 Å². The zero-order chi connectivity index (χ0) is 16.7. The average molecular weight is 303 g/mol. The molecule has 2 rings (SSSR count). The van der Waals surface area contributed by atoms with Crippen LogP contribution in [0.15, 0.2) is 60.3 Å². The summed E-state index contributed by atoms with van der Waals surface area (Å²) in [6.45, 7) is 0. The molecular weight excluding hydrogens is 290 g/mol. The Morgan fingerprint density at radius 3 is 2.57 bits per heavy atom. The van der Waals surface area contributed by atoms with Gasteiger partial charge in [-0.05, 0) is 23.8 Å². The lowest BCUT2D eigenvalue weighted by Gasteiger charge is -2.10. The monoisotopic (exact) mass is 303 g/mol. The van der Waals surface area contributed by atoms with E-state index in [2.05, 4.69) is 5.32 Å². The van der Waals surface area contributed by atoms with E-state index < -0.39 is 5.97 Å². The number of esters is 1. The fourth-order valence-corrected chi connectivity index (χ4v) is 2.03. The fourth-order valence-electron chi connectivity index (χ4n) is 2.03. The summed E-state index contributed by atoms with van der Waals surface area (Å²) in [5.41, 5.74) is 2.80. The molecule has 5 heteroatoms. The normalized spacial score (nSPS) is 9.17. The second kappa shape index (κ2) is 7.44. The fraction of sp³-hybridized carbons (Fsp3) is 0.0556. The maximum Gasteiger partial charge on any atom is 0.337 e. The molecule has 0 spiro atoms. The molecule has 2 aromatic rings. The van der Waals surface area contributed by atoms with Crippen LogP contribution >= 0.6 is 0 Å². The third-order valence-electron chi connectivity index (χ3n) is 3.13. The minimum absolute atomic E-state index is 0.0249. The van der Waals surface area contributed by atoms with Crippen molar-refractivity contribution < 1.29 is 9.53 Å². The number of nitriles is 2. The van der Waals surface area contributed by atoms with Crippen molar-refractivity contribution in [2.75, 3.05) is 12.4 Å². The van der Waals surface area contributed by atoms with Crippen LogP contribution in [0.4, 0.5) is 5.69 Å². The van der Waals surface area contributed by atoms with Gasteiger partial charge in [-0.1, -0.05) is 30.3 Å². The van der Waals surface area contributed by atoms with Gasteiger partial charge in [-0.25, -0.2) is 4.79 Å². The van der Waals surface area contributed by atoms with Gasteiger partial charge in [-0.2, -0.15) is 10.5 Å². The van der Waals surface area contributed by atoms with Crippen LogP contribution in [0.2, 0.25) is 0 Å². The Bertz CT molecular complexity index is 826. The van der Waals surface area contributed by atoms with Crippen molar-refractivity contribution in [3.63, 3.8) is 0 Å².